The summed E-state index contributed by atoms with van der Waals surface area (Å²) >= 11 is 0. The summed E-state index contributed by atoms with van der Waals surface area (Å²) in [7, 11) is 0. The van der Waals surface area contributed by atoms with Crippen LogP contribution in [0.4, 0.5) is 0 Å². The van der Waals surface area contributed by atoms with Crippen molar-refractivity contribution in [3.63, 3.8) is 0 Å². The Hall–Kier alpha value is -1.35. The van der Waals surface area contributed by atoms with Crippen LogP contribution < -0.4 is 0 Å². The van der Waals surface area contributed by atoms with Crippen LogP contribution in [-0.2, 0) is 11.2 Å². The lowest BCUT2D eigenvalue weighted by molar-refractivity contribution is -0.141. The van der Waals surface area contributed by atoms with Gasteiger partial charge < -0.3 is 10.0 Å². The zero-order chi connectivity index (χ0) is 15.7. The number of aryl methyl sites for hydroxylation is 1. The molecule has 0 saturated carbocycles. The Kier molecular flexibility index (Phi) is 8.06. The van der Waals surface area contributed by atoms with Gasteiger partial charge in [-0.15, -0.1) is 0 Å². The molecule has 0 aliphatic rings. The maximum atomic E-state index is 11.0. The van der Waals surface area contributed by atoms with Crippen LogP contribution in [0.2, 0.25) is 0 Å². The normalized spacial score (nSPS) is 12.8. The summed E-state index contributed by atoms with van der Waals surface area (Å²) in [5.41, 5.74) is 1.35. The third kappa shape index (κ3) is 7.86. The molecule has 0 bridgehead atoms. The number of carboxylic acid groups (broad SMARTS) is 1. The molecular weight excluding hydrogens is 262 g/mol. The zero-order valence-electron chi connectivity index (χ0n) is 13.6. The van der Waals surface area contributed by atoms with Crippen LogP contribution in [0.1, 0.15) is 39.2 Å². The average Bonchev–Trinajstić information content (AvgIpc) is 2.45. The number of carboxylic acids is 1. The summed E-state index contributed by atoms with van der Waals surface area (Å²) in [5.74, 6) is -0.344. The van der Waals surface area contributed by atoms with E-state index in [0.29, 0.717) is 12.5 Å². The van der Waals surface area contributed by atoms with Gasteiger partial charge in [-0.25, -0.2) is 0 Å². The Morgan fingerprint density at radius 2 is 1.81 bits per heavy atom. The quantitative estimate of drug-likeness (QED) is 0.715. The summed E-state index contributed by atoms with van der Waals surface area (Å²) in [4.78, 5) is 13.3. The lowest BCUT2D eigenvalue weighted by Gasteiger charge is -2.25. The lowest BCUT2D eigenvalue weighted by Crippen LogP contribution is -2.34. The largest absolute Gasteiger partial charge is 0.481 e. The molecule has 0 radical (unpaired) electrons. The third-order valence-electron chi connectivity index (χ3n) is 3.76. The molecule has 0 heterocycles. The average molecular weight is 291 g/mol. The van der Waals surface area contributed by atoms with Crippen molar-refractivity contribution >= 4 is 5.97 Å². The molecule has 0 aliphatic heterocycles. The van der Waals surface area contributed by atoms with Crippen LogP contribution in [0.3, 0.4) is 0 Å². The van der Waals surface area contributed by atoms with E-state index >= 15 is 0 Å². The van der Waals surface area contributed by atoms with Gasteiger partial charge in [-0.3, -0.25) is 4.79 Å². The third-order valence-corrected chi connectivity index (χ3v) is 3.76. The van der Waals surface area contributed by atoms with Gasteiger partial charge in [0.25, 0.3) is 0 Å². The van der Waals surface area contributed by atoms with Gasteiger partial charge in [-0.2, -0.15) is 0 Å². The molecule has 3 heteroatoms. The standard InChI is InChI=1S/C18H29NO2/c1-15(2)11-13-19(14-16(3)18(20)21)12-7-10-17-8-5-4-6-9-17/h4-6,8-9,15-16H,7,10-14H2,1-3H3,(H,20,21). The number of aliphatic carboxylic acids is 1. The van der Waals surface area contributed by atoms with E-state index in [0.717, 1.165) is 32.4 Å². The van der Waals surface area contributed by atoms with Gasteiger partial charge in [0.2, 0.25) is 0 Å². The second-order valence-electron chi connectivity index (χ2n) is 6.31. The van der Waals surface area contributed by atoms with Gasteiger partial charge in [0, 0.05) is 6.54 Å². The monoisotopic (exact) mass is 291 g/mol. The first-order valence-corrected chi connectivity index (χ1v) is 7.98. The van der Waals surface area contributed by atoms with Crippen molar-refractivity contribution in [2.45, 2.75) is 40.0 Å². The van der Waals surface area contributed by atoms with Crippen LogP contribution in [0.5, 0.6) is 0 Å². The highest BCUT2D eigenvalue weighted by Gasteiger charge is 2.16. The van der Waals surface area contributed by atoms with Crippen LogP contribution in [0, 0.1) is 11.8 Å². The van der Waals surface area contributed by atoms with Crippen molar-refractivity contribution in [3.8, 4) is 0 Å². The Labute approximate surface area is 129 Å². The smallest absolute Gasteiger partial charge is 0.307 e. The van der Waals surface area contributed by atoms with Crippen molar-refractivity contribution in [1.82, 2.24) is 4.90 Å². The number of carbonyl (C=O) groups is 1. The van der Waals surface area contributed by atoms with Crippen LogP contribution in [-0.4, -0.2) is 35.6 Å². The fraction of sp³-hybridized carbons (Fsp3) is 0.611. The fourth-order valence-electron chi connectivity index (χ4n) is 2.35. The van der Waals surface area contributed by atoms with E-state index in [-0.39, 0.29) is 5.92 Å². The molecule has 1 aromatic rings. The molecule has 1 rings (SSSR count). The highest BCUT2D eigenvalue weighted by molar-refractivity contribution is 5.69. The lowest BCUT2D eigenvalue weighted by atomic mass is 10.1. The van der Waals surface area contributed by atoms with E-state index in [2.05, 4.69) is 43.0 Å². The van der Waals surface area contributed by atoms with Crippen LogP contribution in [0.25, 0.3) is 0 Å². The molecule has 0 aliphatic carbocycles. The van der Waals surface area contributed by atoms with E-state index < -0.39 is 5.97 Å². The second-order valence-corrected chi connectivity index (χ2v) is 6.31. The fourth-order valence-corrected chi connectivity index (χ4v) is 2.35. The van der Waals surface area contributed by atoms with E-state index in [1.165, 1.54) is 5.56 Å². The summed E-state index contributed by atoms with van der Waals surface area (Å²) < 4.78 is 0. The molecular formula is C18H29NO2. The van der Waals surface area contributed by atoms with E-state index in [9.17, 15) is 4.79 Å². The molecule has 1 N–H and O–H groups in total. The summed E-state index contributed by atoms with van der Waals surface area (Å²) in [6.45, 7) is 8.83. The molecule has 118 valence electrons. The minimum Gasteiger partial charge on any atom is -0.481 e. The Bertz CT molecular complexity index is 403. The van der Waals surface area contributed by atoms with Crippen molar-refractivity contribution < 1.29 is 9.90 Å². The Balaban J connectivity index is 2.42. The topological polar surface area (TPSA) is 40.5 Å². The first-order chi connectivity index (χ1) is 9.99. The van der Waals surface area contributed by atoms with Crippen LogP contribution in [0.15, 0.2) is 30.3 Å². The minimum absolute atomic E-state index is 0.297. The summed E-state index contributed by atoms with van der Waals surface area (Å²) in [6.07, 6.45) is 3.26. The predicted molar refractivity (Wildman–Crippen MR) is 87.5 cm³/mol. The second kappa shape index (κ2) is 9.56. The Morgan fingerprint density at radius 3 is 2.38 bits per heavy atom. The van der Waals surface area contributed by atoms with E-state index in [1.807, 2.05) is 6.07 Å². The highest BCUT2D eigenvalue weighted by atomic mass is 16.4. The van der Waals surface area contributed by atoms with Crippen molar-refractivity contribution in [2.75, 3.05) is 19.6 Å². The predicted octanol–water partition coefficient (Wildman–Crippen LogP) is 3.69. The summed E-state index contributed by atoms with van der Waals surface area (Å²) in [6, 6.07) is 10.5. The van der Waals surface area contributed by atoms with Gasteiger partial charge in [0.05, 0.1) is 5.92 Å². The van der Waals surface area contributed by atoms with Crippen molar-refractivity contribution in [2.24, 2.45) is 11.8 Å². The number of benzene rings is 1. The van der Waals surface area contributed by atoms with Crippen LogP contribution >= 0.6 is 0 Å². The van der Waals surface area contributed by atoms with Gasteiger partial charge in [-0.05, 0) is 43.8 Å². The number of nitrogens with zero attached hydrogens (tertiary/aromatic N) is 1. The molecule has 0 fully saturated rings. The minimum atomic E-state index is -0.701. The Morgan fingerprint density at radius 1 is 1.14 bits per heavy atom. The SMILES string of the molecule is CC(C)CCN(CCCc1ccccc1)CC(C)C(=O)O. The number of rotatable bonds is 10. The first-order valence-electron chi connectivity index (χ1n) is 7.98. The molecule has 0 amide bonds. The van der Waals surface area contributed by atoms with Crippen molar-refractivity contribution in [3.05, 3.63) is 35.9 Å². The summed E-state index contributed by atoms with van der Waals surface area (Å²) in [5, 5.41) is 9.09. The van der Waals surface area contributed by atoms with Gasteiger partial charge in [-0.1, -0.05) is 51.1 Å². The molecule has 0 saturated heterocycles. The van der Waals surface area contributed by atoms with Gasteiger partial charge in [0.15, 0.2) is 0 Å². The molecule has 0 spiro atoms. The molecule has 1 atom stereocenters. The van der Waals surface area contributed by atoms with E-state index in [4.69, 9.17) is 5.11 Å². The molecule has 1 aromatic carbocycles. The maximum absolute atomic E-state index is 11.0. The molecule has 21 heavy (non-hydrogen) atoms. The number of hydrogen-bond donors (Lipinski definition) is 1. The van der Waals surface area contributed by atoms with Crippen molar-refractivity contribution in [1.29, 1.82) is 0 Å². The van der Waals surface area contributed by atoms with Gasteiger partial charge in [0.1, 0.15) is 0 Å². The van der Waals surface area contributed by atoms with Gasteiger partial charge >= 0.3 is 5.97 Å². The molecule has 3 nitrogen and oxygen atoms in total. The number of hydrogen-bond acceptors (Lipinski definition) is 2. The maximum Gasteiger partial charge on any atom is 0.307 e. The first kappa shape index (κ1) is 17.7. The highest BCUT2D eigenvalue weighted by Crippen LogP contribution is 2.09. The molecule has 1 unspecified atom stereocenters. The molecule has 0 aromatic heterocycles. The zero-order valence-corrected chi connectivity index (χ0v) is 13.6. The van der Waals surface area contributed by atoms with E-state index in [1.54, 1.807) is 6.92 Å².